The van der Waals surface area contributed by atoms with Crippen molar-refractivity contribution in [2.45, 2.75) is 38.2 Å². The Hall–Kier alpha value is -1.55. The van der Waals surface area contributed by atoms with Crippen LogP contribution >= 0.6 is 0 Å². The molecule has 0 atom stereocenters. The van der Waals surface area contributed by atoms with Crippen LogP contribution in [-0.2, 0) is 5.60 Å². The summed E-state index contributed by atoms with van der Waals surface area (Å²) in [5.74, 6) is 0.531. The van der Waals surface area contributed by atoms with E-state index in [1.807, 2.05) is 6.07 Å². The lowest BCUT2D eigenvalue weighted by Gasteiger charge is -2.19. The largest absolute Gasteiger partial charge is 0.398 e. The summed E-state index contributed by atoms with van der Waals surface area (Å²) < 4.78 is 5.32. The topological polar surface area (TPSA) is 72.3 Å². The molecular formula is C13H16N2O2. The van der Waals surface area contributed by atoms with Crippen LogP contribution in [0.3, 0.4) is 0 Å². The van der Waals surface area contributed by atoms with Crippen LogP contribution in [0.1, 0.15) is 43.9 Å². The van der Waals surface area contributed by atoms with Gasteiger partial charge in [-0.2, -0.15) is 0 Å². The summed E-state index contributed by atoms with van der Waals surface area (Å²) in [6.45, 7) is 3.42. The number of nitrogens with zero attached hydrogens (tertiary/aromatic N) is 1. The molecule has 0 radical (unpaired) electrons. The minimum atomic E-state index is -0.967. The van der Waals surface area contributed by atoms with Crippen molar-refractivity contribution >= 4 is 16.7 Å². The van der Waals surface area contributed by atoms with Crippen LogP contribution < -0.4 is 5.73 Å². The molecule has 4 nitrogen and oxygen atoms in total. The van der Waals surface area contributed by atoms with Crippen molar-refractivity contribution in [2.75, 3.05) is 5.73 Å². The van der Waals surface area contributed by atoms with Crippen molar-refractivity contribution in [2.24, 2.45) is 0 Å². The predicted octanol–water partition coefficient (Wildman–Crippen LogP) is 2.51. The first-order valence-corrected chi connectivity index (χ1v) is 5.88. The van der Waals surface area contributed by atoms with Crippen molar-refractivity contribution in [3.8, 4) is 0 Å². The van der Waals surface area contributed by atoms with Gasteiger partial charge in [-0.25, -0.2) is 0 Å². The van der Waals surface area contributed by atoms with Crippen LogP contribution in [0, 0.1) is 0 Å². The molecule has 0 unspecified atom stereocenters. The fourth-order valence-electron chi connectivity index (χ4n) is 2.20. The molecule has 0 amide bonds. The molecule has 1 aliphatic rings. The molecule has 3 N–H and O–H groups in total. The van der Waals surface area contributed by atoms with E-state index in [0.29, 0.717) is 22.8 Å². The van der Waals surface area contributed by atoms with Gasteiger partial charge in [0.25, 0.3) is 0 Å². The van der Waals surface area contributed by atoms with Gasteiger partial charge in [-0.05, 0) is 38.8 Å². The summed E-state index contributed by atoms with van der Waals surface area (Å²) in [6.07, 6.45) is 2.35. The molecule has 90 valence electrons. The maximum Gasteiger partial charge on any atom is 0.167 e. The molecule has 2 aromatic rings. The van der Waals surface area contributed by atoms with Gasteiger partial charge >= 0.3 is 0 Å². The van der Waals surface area contributed by atoms with Gasteiger partial charge in [-0.1, -0.05) is 5.16 Å². The monoisotopic (exact) mass is 232 g/mol. The lowest BCUT2D eigenvalue weighted by Crippen LogP contribution is -2.17. The minimum absolute atomic E-state index is 0.531. The van der Waals surface area contributed by atoms with Crippen LogP contribution in [0.2, 0.25) is 0 Å². The predicted molar refractivity (Wildman–Crippen MR) is 65.6 cm³/mol. The SMILES string of the molecule is CC(C)(O)c1cc2onc(C3CC3)c2cc1N. The van der Waals surface area contributed by atoms with E-state index in [1.54, 1.807) is 19.9 Å². The maximum atomic E-state index is 10.0. The van der Waals surface area contributed by atoms with Crippen LogP contribution in [0.25, 0.3) is 11.0 Å². The molecule has 1 fully saturated rings. The first-order valence-electron chi connectivity index (χ1n) is 5.88. The van der Waals surface area contributed by atoms with E-state index in [2.05, 4.69) is 5.16 Å². The van der Waals surface area contributed by atoms with Crippen molar-refractivity contribution < 1.29 is 9.63 Å². The van der Waals surface area contributed by atoms with E-state index in [1.165, 1.54) is 12.8 Å². The molecule has 1 aromatic heterocycles. The number of aliphatic hydroxyl groups is 1. The molecular weight excluding hydrogens is 216 g/mol. The van der Waals surface area contributed by atoms with Gasteiger partial charge < -0.3 is 15.4 Å². The second-order valence-corrected chi connectivity index (χ2v) is 5.34. The number of fused-ring (bicyclic) bond motifs is 1. The lowest BCUT2D eigenvalue weighted by atomic mass is 9.95. The number of aromatic nitrogens is 1. The Morgan fingerprint density at radius 3 is 2.71 bits per heavy atom. The highest BCUT2D eigenvalue weighted by atomic mass is 16.5. The summed E-state index contributed by atoms with van der Waals surface area (Å²) in [7, 11) is 0. The van der Waals surface area contributed by atoms with E-state index in [0.717, 1.165) is 11.1 Å². The lowest BCUT2D eigenvalue weighted by molar-refractivity contribution is 0.0794. The van der Waals surface area contributed by atoms with E-state index < -0.39 is 5.60 Å². The Balaban J connectivity index is 2.20. The summed E-state index contributed by atoms with van der Waals surface area (Å²) in [5.41, 5.74) is 8.02. The highest BCUT2D eigenvalue weighted by Gasteiger charge is 2.30. The molecule has 1 aromatic carbocycles. The average Bonchev–Trinajstić information content (AvgIpc) is 2.97. The van der Waals surface area contributed by atoms with E-state index in [9.17, 15) is 5.11 Å². The summed E-state index contributed by atoms with van der Waals surface area (Å²) >= 11 is 0. The van der Waals surface area contributed by atoms with Gasteiger partial charge in [-0.3, -0.25) is 0 Å². The zero-order valence-corrected chi connectivity index (χ0v) is 10.0. The number of anilines is 1. The van der Waals surface area contributed by atoms with E-state index >= 15 is 0 Å². The van der Waals surface area contributed by atoms with Crippen LogP contribution in [0.4, 0.5) is 5.69 Å². The van der Waals surface area contributed by atoms with Gasteiger partial charge in [-0.15, -0.1) is 0 Å². The second kappa shape index (κ2) is 3.23. The third kappa shape index (κ3) is 1.69. The Morgan fingerprint density at radius 2 is 2.12 bits per heavy atom. The smallest absolute Gasteiger partial charge is 0.167 e. The average molecular weight is 232 g/mol. The molecule has 1 saturated carbocycles. The highest BCUT2D eigenvalue weighted by molar-refractivity contribution is 5.85. The van der Waals surface area contributed by atoms with Crippen LogP contribution in [-0.4, -0.2) is 10.3 Å². The molecule has 4 heteroatoms. The van der Waals surface area contributed by atoms with Crippen molar-refractivity contribution in [3.05, 3.63) is 23.4 Å². The normalized spacial score (nSPS) is 16.6. The quantitative estimate of drug-likeness (QED) is 0.780. The molecule has 3 rings (SSSR count). The third-order valence-electron chi connectivity index (χ3n) is 3.29. The molecule has 0 saturated heterocycles. The van der Waals surface area contributed by atoms with Gasteiger partial charge in [0.05, 0.1) is 11.3 Å². The number of nitrogens with two attached hydrogens (primary N) is 1. The maximum absolute atomic E-state index is 10.0. The fraction of sp³-hybridized carbons (Fsp3) is 0.462. The molecule has 0 spiro atoms. The Bertz CT molecular complexity index is 577. The van der Waals surface area contributed by atoms with E-state index in [-0.39, 0.29) is 0 Å². The van der Waals surface area contributed by atoms with Crippen molar-refractivity contribution in [1.29, 1.82) is 0 Å². The van der Waals surface area contributed by atoms with E-state index in [4.69, 9.17) is 10.3 Å². The summed E-state index contributed by atoms with van der Waals surface area (Å²) in [5, 5.41) is 15.1. The molecule has 0 aliphatic heterocycles. The summed E-state index contributed by atoms with van der Waals surface area (Å²) in [4.78, 5) is 0. The first kappa shape index (κ1) is 10.6. The van der Waals surface area contributed by atoms with Crippen molar-refractivity contribution in [1.82, 2.24) is 5.16 Å². The second-order valence-electron chi connectivity index (χ2n) is 5.34. The Morgan fingerprint density at radius 1 is 1.41 bits per heavy atom. The molecule has 17 heavy (non-hydrogen) atoms. The van der Waals surface area contributed by atoms with Gasteiger partial charge in [0, 0.05) is 22.6 Å². The summed E-state index contributed by atoms with van der Waals surface area (Å²) in [6, 6.07) is 3.66. The molecule has 0 bridgehead atoms. The number of rotatable bonds is 2. The fourth-order valence-corrected chi connectivity index (χ4v) is 2.20. The van der Waals surface area contributed by atoms with Crippen LogP contribution in [0.15, 0.2) is 16.7 Å². The number of benzene rings is 1. The Labute approximate surface area is 99.4 Å². The minimum Gasteiger partial charge on any atom is -0.398 e. The van der Waals surface area contributed by atoms with Gasteiger partial charge in [0.15, 0.2) is 5.58 Å². The van der Waals surface area contributed by atoms with Gasteiger partial charge in [0.2, 0.25) is 0 Å². The first-order chi connectivity index (χ1) is 7.97. The highest BCUT2D eigenvalue weighted by Crippen LogP contribution is 2.43. The number of nitrogen functional groups attached to an aromatic ring is 1. The third-order valence-corrected chi connectivity index (χ3v) is 3.29. The van der Waals surface area contributed by atoms with Crippen molar-refractivity contribution in [3.63, 3.8) is 0 Å². The number of hydrogen-bond donors (Lipinski definition) is 2. The Kier molecular flexibility index (Phi) is 2.01. The molecule has 1 heterocycles. The van der Waals surface area contributed by atoms with Gasteiger partial charge in [0.1, 0.15) is 0 Å². The molecule has 1 aliphatic carbocycles. The van der Waals surface area contributed by atoms with Crippen LogP contribution in [0.5, 0.6) is 0 Å². The zero-order valence-electron chi connectivity index (χ0n) is 10.0. The zero-order chi connectivity index (χ0) is 12.2. The standard InChI is InChI=1S/C13H16N2O2/c1-13(2,16)9-6-11-8(5-10(9)14)12(15-17-11)7-3-4-7/h5-7,16H,3-4,14H2,1-2H3. The number of hydrogen-bond acceptors (Lipinski definition) is 4.